The van der Waals surface area contributed by atoms with E-state index in [0.29, 0.717) is 29.2 Å². The molecule has 1 saturated carbocycles. The summed E-state index contributed by atoms with van der Waals surface area (Å²) in [5, 5.41) is 3.22. The normalized spacial score (nSPS) is 19.5. The molecule has 1 unspecified atom stereocenters. The van der Waals surface area contributed by atoms with Crippen molar-refractivity contribution < 1.29 is 23.6 Å². The van der Waals surface area contributed by atoms with Crippen molar-refractivity contribution in [3.8, 4) is 17.1 Å². The van der Waals surface area contributed by atoms with Crippen molar-refractivity contribution >= 4 is 22.8 Å². The first-order chi connectivity index (χ1) is 13.3. The standard InChI is InChI=1S/C21H24ClNO5/c1-12(2)26-21(25)15-5-4-6-17(11-15)27-16-9-7-14(8-10-16)19-18(20(22)24)13(3)23-28-19/h7-10,12,15,17H,4-6,11H2,1-3H3/t15?,17-/m0/s1. The number of carbonyl (C=O) groups is 2. The molecule has 1 fully saturated rings. The van der Waals surface area contributed by atoms with Gasteiger partial charge in [0.1, 0.15) is 11.3 Å². The maximum atomic E-state index is 12.2. The molecule has 1 heterocycles. The van der Waals surface area contributed by atoms with Crippen LogP contribution in [0, 0.1) is 12.8 Å². The summed E-state index contributed by atoms with van der Waals surface area (Å²) >= 11 is 5.63. The summed E-state index contributed by atoms with van der Waals surface area (Å²) in [7, 11) is 0. The fourth-order valence-electron chi connectivity index (χ4n) is 3.47. The van der Waals surface area contributed by atoms with Crippen molar-refractivity contribution in [2.75, 3.05) is 0 Å². The second-order valence-electron chi connectivity index (χ2n) is 7.36. The third-order valence-electron chi connectivity index (χ3n) is 4.79. The van der Waals surface area contributed by atoms with Gasteiger partial charge in [-0.1, -0.05) is 5.16 Å². The van der Waals surface area contributed by atoms with Gasteiger partial charge in [0.15, 0.2) is 5.76 Å². The Morgan fingerprint density at radius 1 is 1.21 bits per heavy atom. The smallest absolute Gasteiger partial charge is 0.309 e. The zero-order valence-corrected chi connectivity index (χ0v) is 17.0. The Balaban J connectivity index is 1.66. The summed E-state index contributed by atoms with van der Waals surface area (Å²) in [5.41, 5.74) is 1.42. The zero-order valence-electron chi connectivity index (χ0n) is 16.2. The monoisotopic (exact) mass is 405 g/mol. The molecule has 1 aliphatic rings. The van der Waals surface area contributed by atoms with Gasteiger partial charge in [-0.3, -0.25) is 9.59 Å². The molecule has 3 rings (SSSR count). The average molecular weight is 406 g/mol. The van der Waals surface area contributed by atoms with E-state index in [1.54, 1.807) is 19.1 Å². The van der Waals surface area contributed by atoms with E-state index in [1.165, 1.54) is 0 Å². The number of benzene rings is 1. The van der Waals surface area contributed by atoms with Crippen LogP contribution in [0.25, 0.3) is 11.3 Å². The molecule has 28 heavy (non-hydrogen) atoms. The molecular weight excluding hydrogens is 382 g/mol. The summed E-state index contributed by atoms with van der Waals surface area (Å²) in [6.07, 6.45) is 3.19. The van der Waals surface area contributed by atoms with Gasteiger partial charge in [-0.2, -0.15) is 0 Å². The fourth-order valence-corrected chi connectivity index (χ4v) is 3.69. The molecule has 2 aromatic rings. The molecule has 0 N–H and O–H groups in total. The van der Waals surface area contributed by atoms with E-state index in [9.17, 15) is 9.59 Å². The lowest BCUT2D eigenvalue weighted by atomic mass is 9.87. The first-order valence-corrected chi connectivity index (χ1v) is 9.86. The number of carbonyl (C=O) groups excluding carboxylic acids is 2. The maximum Gasteiger partial charge on any atom is 0.309 e. The molecule has 0 spiro atoms. The first-order valence-electron chi connectivity index (χ1n) is 9.48. The van der Waals surface area contributed by atoms with Crippen LogP contribution in [0.2, 0.25) is 0 Å². The molecule has 7 heteroatoms. The highest BCUT2D eigenvalue weighted by Gasteiger charge is 2.30. The van der Waals surface area contributed by atoms with Crippen LogP contribution in [0.3, 0.4) is 0 Å². The first kappa shape index (κ1) is 20.4. The van der Waals surface area contributed by atoms with E-state index in [2.05, 4.69) is 5.16 Å². The minimum absolute atomic E-state index is 0.0307. The number of hydrogen-bond donors (Lipinski definition) is 0. The lowest BCUT2D eigenvalue weighted by molar-refractivity contribution is -0.154. The van der Waals surface area contributed by atoms with Crippen molar-refractivity contribution in [1.82, 2.24) is 5.16 Å². The lowest BCUT2D eigenvalue weighted by Crippen LogP contribution is -2.31. The lowest BCUT2D eigenvalue weighted by Gasteiger charge is -2.28. The van der Waals surface area contributed by atoms with Crippen LogP contribution < -0.4 is 4.74 Å². The molecule has 6 nitrogen and oxygen atoms in total. The number of esters is 1. The van der Waals surface area contributed by atoms with Crippen molar-refractivity contribution in [2.45, 2.75) is 58.7 Å². The number of aryl methyl sites for hydroxylation is 1. The van der Waals surface area contributed by atoms with E-state index >= 15 is 0 Å². The molecule has 0 amide bonds. The van der Waals surface area contributed by atoms with Crippen LogP contribution in [0.5, 0.6) is 5.75 Å². The van der Waals surface area contributed by atoms with Crippen molar-refractivity contribution in [2.24, 2.45) is 5.92 Å². The number of rotatable bonds is 6. The molecular formula is C21H24ClNO5. The van der Waals surface area contributed by atoms with E-state index < -0.39 is 5.24 Å². The summed E-state index contributed by atoms with van der Waals surface area (Å²) in [5.74, 6) is 0.785. The molecule has 0 aliphatic heterocycles. The van der Waals surface area contributed by atoms with Crippen LogP contribution >= 0.6 is 11.6 Å². The summed E-state index contributed by atoms with van der Waals surface area (Å²) in [4.78, 5) is 23.8. The van der Waals surface area contributed by atoms with Crippen LogP contribution in [0.15, 0.2) is 28.8 Å². The van der Waals surface area contributed by atoms with Gasteiger partial charge in [-0.05, 0) is 82.3 Å². The molecule has 1 aliphatic carbocycles. The van der Waals surface area contributed by atoms with Gasteiger partial charge >= 0.3 is 5.97 Å². The van der Waals surface area contributed by atoms with Crippen LogP contribution in [0.4, 0.5) is 0 Å². The van der Waals surface area contributed by atoms with E-state index in [4.69, 9.17) is 25.6 Å². The number of halogens is 1. The van der Waals surface area contributed by atoms with Gasteiger partial charge in [0, 0.05) is 5.56 Å². The summed E-state index contributed by atoms with van der Waals surface area (Å²) in [6.45, 7) is 5.38. The predicted octanol–water partition coefficient (Wildman–Crippen LogP) is 4.92. The summed E-state index contributed by atoms with van der Waals surface area (Å²) < 4.78 is 16.7. The highest BCUT2D eigenvalue weighted by molar-refractivity contribution is 6.68. The van der Waals surface area contributed by atoms with Crippen LogP contribution in [-0.2, 0) is 9.53 Å². The molecule has 0 bridgehead atoms. The Morgan fingerprint density at radius 3 is 2.57 bits per heavy atom. The Hall–Kier alpha value is -2.34. The molecule has 2 atom stereocenters. The summed E-state index contributed by atoms with van der Waals surface area (Å²) in [6, 6.07) is 7.22. The molecule has 0 radical (unpaired) electrons. The number of aromatic nitrogens is 1. The predicted molar refractivity (Wildman–Crippen MR) is 104 cm³/mol. The molecule has 1 aromatic carbocycles. The second kappa shape index (κ2) is 8.78. The van der Waals surface area contributed by atoms with Gasteiger partial charge in [-0.25, -0.2) is 0 Å². The van der Waals surface area contributed by atoms with Gasteiger partial charge in [0.05, 0.1) is 23.8 Å². The van der Waals surface area contributed by atoms with Crippen LogP contribution in [0.1, 0.15) is 55.6 Å². The zero-order chi connectivity index (χ0) is 20.3. The quantitative estimate of drug-likeness (QED) is 0.501. The van der Waals surface area contributed by atoms with Gasteiger partial charge in [0.25, 0.3) is 5.24 Å². The van der Waals surface area contributed by atoms with Crippen LogP contribution in [-0.4, -0.2) is 28.6 Å². The number of nitrogens with zero attached hydrogens (tertiary/aromatic N) is 1. The van der Waals surface area contributed by atoms with E-state index in [-0.39, 0.29) is 29.7 Å². The fraction of sp³-hybridized carbons (Fsp3) is 0.476. The largest absolute Gasteiger partial charge is 0.490 e. The Labute approximate surface area is 169 Å². The molecule has 0 saturated heterocycles. The highest BCUT2D eigenvalue weighted by atomic mass is 35.5. The third kappa shape index (κ3) is 4.73. The Bertz CT molecular complexity index is 843. The number of ether oxygens (including phenoxy) is 2. The average Bonchev–Trinajstić information content (AvgIpc) is 3.04. The third-order valence-corrected chi connectivity index (χ3v) is 4.98. The Kier molecular flexibility index (Phi) is 6.39. The van der Waals surface area contributed by atoms with E-state index in [0.717, 1.165) is 19.3 Å². The molecule has 150 valence electrons. The van der Waals surface area contributed by atoms with Crippen molar-refractivity contribution in [1.29, 1.82) is 0 Å². The minimum atomic E-state index is -0.601. The topological polar surface area (TPSA) is 78.6 Å². The van der Waals surface area contributed by atoms with Gasteiger partial charge < -0.3 is 14.0 Å². The Morgan fingerprint density at radius 2 is 1.93 bits per heavy atom. The number of hydrogen-bond acceptors (Lipinski definition) is 6. The molecule has 1 aromatic heterocycles. The minimum Gasteiger partial charge on any atom is -0.490 e. The van der Waals surface area contributed by atoms with E-state index in [1.807, 2.05) is 26.0 Å². The van der Waals surface area contributed by atoms with Crippen molar-refractivity contribution in [3.63, 3.8) is 0 Å². The second-order valence-corrected chi connectivity index (χ2v) is 7.70. The van der Waals surface area contributed by atoms with Gasteiger partial charge in [0.2, 0.25) is 0 Å². The van der Waals surface area contributed by atoms with Gasteiger partial charge in [-0.15, -0.1) is 0 Å². The SMILES string of the molecule is Cc1noc(-c2ccc(O[C@H]3CCCC(C(=O)OC(C)C)C3)cc2)c1C(=O)Cl. The van der Waals surface area contributed by atoms with Crippen molar-refractivity contribution in [3.05, 3.63) is 35.5 Å². The maximum absolute atomic E-state index is 12.2. The highest BCUT2D eigenvalue weighted by Crippen LogP contribution is 2.32.